The van der Waals surface area contributed by atoms with E-state index in [4.69, 9.17) is 25.5 Å². The fraction of sp³-hybridized carbons (Fsp3) is 0.258. The number of fused-ring (bicyclic) bond motifs is 1. The number of hydrogen-bond donors (Lipinski definition) is 2. The number of anilines is 1. The summed E-state index contributed by atoms with van der Waals surface area (Å²) >= 11 is 5.96. The molecule has 1 aliphatic rings. The number of esters is 2. The van der Waals surface area contributed by atoms with Gasteiger partial charge in [-0.15, -0.1) is 0 Å². The smallest absolute Gasteiger partial charge is 0.349 e. The quantitative estimate of drug-likeness (QED) is 0.274. The number of quaternary nitrogens is 1. The van der Waals surface area contributed by atoms with Crippen LogP contribution >= 0.6 is 11.6 Å². The minimum Gasteiger partial charge on any atom is -0.546 e. The SMILES string of the molecule is CC1CCN(c2nc3cc(Cl)ccc3o2)CC[NH2+]1.O=C(OC(C(=O)[O-])C(OC(=O)c1ccccc1)C(=O)O)c1ccccc1. The number of aliphatic carboxylic acids is 2. The summed E-state index contributed by atoms with van der Waals surface area (Å²) in [6, 6.07) is 21.6. The Kier molecular flexibility index (Phi) is 10.9. The lowest BCUT2D eigenvalue weighted by molar-refractivity contribution is -0.682. The molecule has 4 aromatic rings. The van der Waals surface area contributed by atoms with Crippen molar-refractivity contribution in [3.8, 4) is 0 Å². The van der Waals surface area contributed by atoms with Crippen LogP contribution in [0.1, 0.15) is 34.1 Å². The van der Waals surface area contributed by atoms with Crippen LogP contribution in [-0.4, -0.2) is 71.9 Å². The minimum absolute atomic E-state index is 0.00252. The Hall–Kier alpha value is -4.94. The summed E-state index contributed by atoms with van der Waals surface area (Å²) in [6.45, 7) is 5.32. The first-order valence-electron chi connectivity index (χ1n) is 13.7. The molecule has 0 spiro atoms. The van der Waals surface area contributed by atoms with Gasteiger partial charge in [0.25, 0.3) is 6.01 Å². The first-order chi connectivity index (χ1) is 21.1. The van der Waals surface area contributed by atoms with Gasteiger partial charge in [-0.05, 0) is 49.4 Å². The van der Waals surface area contributed by atoms with Gasteiger partial charge in [0, 0.05) is 18.0 Å². The molecule has 0 amide bonds. The number of nitrogens with zero attached hydrogens (tertiary/aromatic N) is 2. The lowest BCUT2D eigenvalue weighted by atomic mass is 10.1. The van der Waals surface area contributed by atoms with Crippen LogP contribution in [0.2, 0.25) is 5.02 Å². The van der Waals surface area contributed by atoms with Gasteiger partial charge in [0.15, 0.2) is 11.7 Å². The van der Waals surface area contributed by atoms with Gasteiger partial charge in [0.05, 0.1) is 36.2 Å². The van der Waals surface area contributed by atoms with Gasteiger partial charge in [0.2, 0.25) is 6.10 Å². The third-order valence-corrected chi connectivity index (χ3v) is 6.90. The summed E-state index contributed by atoms with van der Waals surface area (Å²) in [6.07, 6.45) is -3.45. The standard InChI is InChI=1S/C18H14O8.C13H16ClN3O/c19-15(20)13(25-17(23)11-7-3-1-4-8-11)14(16(21)22)26-18(24)12-9-5-2-6-10-12;1-9-4-6-17(7-5-15-9)13-16-11-8-10(14)2-3-12(11)18-13/h1-10,13-14H,(H,19,20)(H,21,22);2-3,8-9,15H,4-7H2,1H3. The van der Waals surface area contributed by atoms with Crippen molar-refractivity contribution in [3.63, 3.8) is 0 Å². The highest BCUT2D eigenvalue weighted by molar-refractivity contribution is 6.31. The monoisotopic (exact) mass is 623 g/mol. The zero-order valence-electron chi connectivity index (χ0n) is 23.6. The number of benzene rings is 3. The van der Waals surface area contributed by atoms with Crippen LogP contribution in [0.5, 0.6) is 0 Å². The van der Waals surface area contributed by atoms with Gasteiger partial charge in [-0.1, -0.05) is 48.0 Å². The number of carboxylic acid groups (broad SMARTS) is 2. The Bertz CT molecular complexity index is 1530. The molecule has 3 atom stereocenters. The molecule has 2 heterocycles. The van der Waals surface area contributed by atoms with E-state index in [2.05, 4.69) is 22.1 Å². The van der Waals surface area contributed by atoms with Crippen LogP contribution in [0.15, 0.2) is 83.3 Å². The van der Waals surface area contributed by atoms with E-state index in [-0.39, 0.29) is 11.1 Å². The molecular formula is C31H30ClN3O9. The maximum Gasteiger partial charge on any atom is 0.349 e. The molecule has 3 N–H and O–H groups in total. The van der Waals surface area contributed by atoms with Crippen LogP contribution in [-0.2, 0) is 19.1 Å². The Morgan fingerprint density at radius 2 is 1.55 bits per heavy atom. The lowest BCUT2D eigenvalue weighted by Crippen LogP contribution is -2.89. The summed E-state index contributed by atoms with van der Waals surface area (Å²) in [5.74, 6) is -5.99. The van der Waals surface area contributed by atoms with E-state index >= 15 is 0 Å². The lowest BCUT2D eigenvalue weighted by Gasteiger charge is -2.24. The fourth-order valence-corrected chi connectivity index (χ4v) is 4.48. The molecule has 44 heavy (non-hydrogen) atoms. The second-order valence-electron chi connectivity index (χ2n) is 9.93. The number of aromatic nitrogens is 1. The second-order valence-corrected chi connectivity index (χ2v) is 10.4. The molecule has 1 saturated heterocycles. The molecule has 12 nitrogen and oxygen atoms in total. The minimum atomic E-state index is -2.33. The van der Waals surface area contributed by atoms with Crippen LogP contribution in [0, 0.1) is 0 Å². The van der Waals surface area contributed by atoms with Gasteiger partial charge >= 0.3 is 17.9 Å². The van der Waals surface area contributed by atoms with Crippen LogP contribution < -0.4 is 15.3 Å². The predicted octanol–water partition coefficient (Wildman–Crippen LogP) is 1.92. The van der Waals surface area contributed by atoms with Crippen molar-refractivity contribution in [2.45, 2.75) is 31.6 Å². The summed E-state index contributed by atoms with van der Waals surface area (Å²) in [5, 5.41) is 23.6. The van der Waals surface area contributed by atoms with Gasteiger partial charge in [-0.2, -0.15) is 4.98 Å². The van der Waals surface area contributed by atoms with Crippen LogP contribution in [0.3, 0.4) is 0 Å². The number of carbonyl (C=O) groups is 4. The normalized spacial score (nSPS) is 16.0. The van der Waals surface area contributed by atoms with E-state index in [1.54, 1.807) is 12.1 Å². The van der Waals surface area contributed by atoms with E-state index in [0.29, 0.717) is 11.1 Å². The first-order valence-corrected chi connectivity index (χ1v) is 14.1. The summed E-state index contributed by atoms with van der Waals surface area (Å²) in [7, 11) is 0. The number of ether oxygens (including phenoxy) is 2. The topological polar surface area (TPSA) is 176 Å². The van der Waals surface area contributed by atoms with Gasteiger partial charge in [-0.3, -0.25) is 0 Å². The Morgan fingerprint density at radius 3 is 2.11 bits per heavy atom. The van der Waals surface area contributed by atoms with Gasteiger partial charge in [-0.25, -0.2) is 14.4 Å². The molecule has 1 aromatic heterocycles. The average Bonchev–Trinajstić information content (AvgIpc) is 3.31. The van der Waals surface area contributed by atoms with E-state index in [9.17, 15) is 29.4 Å². The van der Waals surface area contributed by atoms with Crippen molar-refractivity contribution in [2.24, 2.45) is 0 Å². The van der Waals surface area contributed by atoms with Crippen molar-refractivity contribution in [3.05, 3.63) is 95.0 Å². The summed E-state index contributed by atoms with van der Waals surface area (Å²) in [5.41, 5.74) is 1.64. The summed E-state index contributed by atoms with van der Waals surface area (Å²) < 4.78 is 15.2. The summed E-state index contributed by atoms with van der Waals surface area (Å²) in [4.78, 5) is 53.4. The average molecular weight is 624 g/mol. The maximum absolute atomic E-state index is 12.0. The maximum atomic E-state index is 12.0. The third kappa shape index (κ3) is 8.55. The molecule has 3 aromatic carbocycles. The number of carbonyl (C=O) groups excluding carboxylic acids is 3. The van der Waals surface area contributed by atoms with Crippen LogP contribution in [0.25, 0.3) is 11.1 Å². The second kappa shape index (κ2) is 15.0. The number of halogens is 1. The van der Waals surface area contributed by atoms with Gasteiger partial charge in [0.1, 0.15) is 5.52 Å². The fourth-order valence-electron chi connectivity index (χ4n) is 4.31. The van der Waals surface area contributed by atoms with Crippen molar-refractivity contribution >= 4 is 52.6 Å². The molecule has 13 heteroatoms. The van der Waals surface area contributed by atoms with E-state index in [1.807, 2.05) is 18.2 Å². The number of nitrogens with two attached hydrogens (primary N) is 1. The third-order valence-electron chi connectivity index (χ3n) is 6.67. The number of rotatable bonds is 8. The largest absolute Gasteiger partial charge is 0.546 e. The highest BCUT2D eigenvalue weighted by atomic mass is 35.5. The molecule has 0 saturated carbocycles. The van der Waals surface area contributed by atoms with Crippen LogP contribution in [0.4, 0.5) is 6.01 Å². The van der Waals surface area contributed by atoms with Crippen molar-refractivity contribution in [1.82, 2.24) is 4.98 Å². The zero-order chi connectivity index (χ0) is 31.6. The Labute approximate surface area is 257 Å². The molecule has 0 radical (unpaired) electrons. The molecule has 230 valence electrons. The Balaban J connectivity index is 0.000000213. The molecule has 0 aliphatic carbocycles. The van der Waals surface area contributed by atoms with Crippen molar-refractivity contribution in [1.29, 1.82) is 0 Å². The van der Waals surface area contributed by atoms with Gasteiger partial charge < -0.3 is 39.1 Å². The molecule has 3 unspecified atom stereocenters. The predicted molar refractivity (Wildman–Crippen MR) is 156 cm³/mol. The Morgan fingerprint density at radius 1 is 0.955 bits per heavy atom. The highest BCUT2D eigenvalue weighted by Gasteiger charge is 2.36. The first kappa shape index (κ1) is 32.0. The number of oxazole rings is 1. The molecule has 1 aliphatic heterocycles. The molecular weight excluding hydrogens is 594 g/mol. The van der Waals surface area contributed by atoms with Crippen molar-refractivity contribution < 1.29 is 48.6 Å². The number of carboxylic acids is 2. The highest BCUT2D eigenvalue weighted by Crippen LogP contribution is 2.25. The number of hydrogen-bond acceptors (Lipinski definition) is 10. The van der Waals surface area contributed by atoms with Crippen molar-refractivity contribution in [2.75, 3.05) is 24.5 Å². The molecule has 1 fully saturated rings. The van der Waals surface area contributed by atoms with E-state index < -0.39 is 36.1 Å². The van der Waals surface area contributed by atoms with E-state index in [1.165, 1.54) is 48.5 Å². The molecule has 0 bridgehead atoms. The van der Waals surface area contributed by atoms with E-state index in [0.717, 1.165) is 43.2 Å². The molecule has 5 rings (SSSR count). The zero-order valence-corrected chi connectivity index (χ0v) is 24.4.